The Morgan fingerprint density at radius 3 is 2.42 bits per heavy atom. The maximum absolute atomic E-state index is 12.9. The summed E-state index contributed by atoms with van der Waals surface area (Å²) in [6, 6.07) is 6.43. The molecule has 0 aromatic heterocycles. The van der Waals surface area contributed by atoms with Crippen molar-refractivity contribution in [2.24, 2.45) is 5.73 Å². The lowest BCUT2D eigenvalue weighted by Crippen LogP contribution is -2.39. The molecule has 19 heavy (non-hydrogen) atoms. The molecule has 1 heterocycles. The van der Waals surface area contributed by atoms with Gasteiger partial charge in [0, 0.05) is 19.1 Å². The first-order valence-electron chi connectivity index (χ1n) is 6.43. The van der Waals surface area contributed by atoms with Gasteiger partial charge in [-0.05, 0) is 37.0 Å². The van der Waals surface area contributed by atoms with Gasteiger partial charge in [0.25, 0.3) is 0 Å². The van der Waals surface area contributed by atoms with E-state index in [4.69, 9.17) is 5.73 Å². The van der Waals surface area contributed by atoms with E-state index < -0.39 is 5.41 Å². The number of benzene rings is 1. The minimum Gasteiger partial charge on any atom is -0.340 e. The molecule has 0 spiro atoms. The van der Waals surface area contributed by atoms with Crippen LogP contribution in [0.2, 0.25) is 0 Å². The van der Waals surface area contributed by atoms with Gasteiger partial charge in [-0.1, -0.05) is 12.1 Å². The zero-order valence-electron chi connectivity index (χ0n) is 10.6. The summed E-state index contributed by atoms with van der Waals surface area (Å²) in [6.07, 6.45) is 2.61. The number of amides is 1. The van der Waals surface area contributed by atoms with Crippen LogP contribution in [0.3, 0.4) is 0 Å². The number of hydrogen-bond donors (Lipinski definition) is 1. The van der Waals surface area contributed by atoms with Crippen molar-refractivity contribution in [3.05, 3.63) is 35.6 Å². The highest BCUT2D eigenvalue weighted by Gasteiger charge is 2.53. The van der Waals surface area contributed by atoms with Crippen LogP contribution in [0.25, 0.3) is 0 Å². The molecule has 0 radical (unpaired) electrons. The Morgan fingerprint density at radius 2 is 1.95 bits per heavy atom. The van der Waals surface area contributed by atoms with Crippen LogP contribution in [0.4, 0.5) is 4.39 Å². The third-order valence-corrected chi connectivity index (χ3v) is 4.07. The minimum atomic E-state index is -0.391. The fraction of sp³-hybridized carbons (Fsp3) is 0.500. The van der Waals surface area contributed by atoms with E-state index in [1.807, 2.05) is 4.90 Å². The molecule has 1 saturated heterocycles. The fourth-order valence-electron chi connectivity index (χ4n) is 2.79. The Hall–Kier alpha value is -1.13. The molecule has 1 aliphatic heterocycles. The number of likely N-dealkylation sites (tertiary alicyclic amines) is 1. The van der Waals surface area contributed by atoms with Crippen LogP contribution >= 0.6 is 12.4 Å². The molecule has 1 amide bonds. The lowest BCUT2D eigenvalue weighted by Gasteiger charge is -2.23. The number of halogens is 2. The number of carbonyl (C=O) groups is 1. The number of hydrogen-bond acceptors (Lipinski definition) is 2. The van der Waals surface area contributed by atoms with Gasteiger partial charge >= 0.3 is 0 Å². The standard InChI is InChI=1S/C14H17FN2O.ClH/c15-11-3-1-10(2-4-11)14(6-7-14)13(18)17-8-5-12(16)9-17;/h1-4,12H,5-9,16H2;1H/t12-;/m1./s1. The van der Waals surface area contributed by atoms with Crippen LogP contribution in [0.1, 0.15) is 24.8 Å². The van der Waals surface area contributed by atoms with Crippen molar-refractivity contribution in [1.82, 2.24) is 4.90 Å². The van der Waals surface area contributed by atoms with Crippen LogP contribution in [-0.2, 0) is 10.2 Å². The van der Waals surface area contributed by atoms with Crippen molar-refractivity contribution in [2.75, 3.05) is 13.1 Å². The lowest BCUT2D eigenvalue weighted by molar-refractivity contribution is -0.132. The molecule has 1 saturated carbocycles. The van der Waals surface area contributed by atoms with Crippen LogP contribution < -0.4 is 5.73 Å². The molecule has 0 bridgehead atoms. The quantitative estimate of drug-likeness (QED) is 0.901. The molecule has 1 aromatic rings. The molecule has 104 valence electrons. The topological polar surface area (TPSA) is 46.3 Å². The zero-order chi connectivity index (χ0) is 12.8. The molecule has 1 aromatic carbocycles. The zero-order valence-corrected chi connectivity index (χ0v) is 11.5. The van der Waals surface area contributed by atoms with Crippen molar-refractivity contribution < 1.29 is 9.18 Å². The highest BCUT2D eigenvalue weighted by atomic mass is 35.5. The summed E-state index contributed by atoms with van der Waals surface area (Å²) in [6.45, 7) is 1.41. The second kappa shape index (κ2) is 5.10. The maximum Gasteiger partial charge on any atom is 0.233 e. The molecule has 2 aliphatic rings. The molecule has 2 N–H and O–H groups in total. The van der Waals surface area contributed by atoms with Crippen molar-refractivity contribution in [1.29, 1.82) is 0 Å². The summed E-state index contributed by atoms with van der Waals surface area (Å²) in [5.74, 6) is -0.0905. The third kappa shape index (κ3) is 2.47. The molecule has 3 rings (SSSR count). The summed E-state index contributed by atoms with van der Waals surface area (Å²) in [5.41, 5.74) is 6.39. The van der Waals surface area contributed by atoms with Gasteiger partial charge in [0.1, 0.15) is 5.82 Å². The van der Waals surface area contributed by atoms with E-state index in [0.717, 1.165) is 31.4 Å². The first kappa shape index (κ1) is 14.3. The Labute approximate surface area is 118 Å². The Balaban J connectivity index is 0.00000133. The van der Waals surface area contributed by atoms with E-state index in [1.165, 1.54) is 12.1 Å². The van der Waals surface area contributed by atoms with Gasteiger partial charge in [0.2, 0.25) is 5.91 Å². The average Bonchev–Trinajstić information content (AvgIpc) is 3.06. The molecular formula is C14H18ClFN2O. The smallest absolute Gasteiger partial charge is 0.233 e. The summed E-state index contributed by atoms with van der Waals surface area (Å²) < 4.78 is 12.9. The monoisotopic (exact) mass is 284 g/mol. The highest BCUT2D eigenvalue weighted by Crippen LogP contribution is 2.49. The predicted octanol–water partition coefficient (Wildman–Crippen LogP) is 1.84. The molecule has 2 fully saturated rings. The fourth-order valence-corrected chi connectivity index (χ4v) is 2.79. The Morgan fingerprint density at radius 1 is 1.32 bits per heavy atom. The third-order valence-electron chi connectivity index (χ3n) is 4.07. The van der Waals surface area contributed by atoms with Crippen molar-refractivity contribution in [3.8, 4) is 0 Å². The first-order chi connectivity index (χ1) is 8.62. The number of carbonyl (C=O) groups excluding carboxylic acids is 1. The molecular weight excluding hydrogens is 267 g/mol. The lowest BCUT2D eigenvalue weighted by atomic mass is 9.94. The summed E-state index contributed by atoms with van der Waals surface area (Å²) in [4.78, 5) is 14.4. The van der Waals surface area contributed by atoms with Gasteiger partial charge in [-0.2, -0.15) is 0 Å². The van der Waals surface area contributed by atoms with Gasteiger partial charge in [-0.15, -0.1) is 12.4 Å². The Kier molecular flexibility index (Phi) is 3.83. The van der Waals surface area contributed by atoms with Crippen molar-refractivity contribution in [2.45, 2.75) is 30.7 Å². The van der Waals surface area contributed by atoms with Gasteiger partial charge < -0.3 is 10.6 Å². The second-order valence-electron chi connectivity index (χ2n) is 5.39. The van der Waals surface area contributed by atoms with Gasteiger partial charge in [0.15, 0.2) is 0 Å². The molecule has 1 atom stereocenters. The first-order valence-corrected chi connectivity index (χ1v) is 6.43. The highest BCUT2D eigenvalue weighted by molar-refractivity contribution is 5.91. The van der Waals surface area contributed by atoms with Crippen LogP contribution in [0.15, 0.2) is 24.3 Å². The minimum absolute atomic E-state index is 0. The van der Waals surface area contributed by atoms with E-state index >= 15 is 0 Å². The van der Waals surface area contributed by atoms with Gasteiger partial charge in [0.05, 0.1) is 5.41 Å². The van der Waals surface area contributed by atoms with Gasteiger partial charge in [-0.3, -0.25) is 4.79 Å². The largest absolute Gasteiger partial charge is 0.340 e. The van der Waals surface area contributed by atoms with Crippen LogP contribution in [-0.4, -0.2) is 29.9 Å². The summed E-state index contributed by atoms with van der Waals surface area (Å²) in [5, 5.41) is 0. The SMILES string of the molecule is Cl.N[C@@H]1CCN(C(=O)C2(c3ccc(F)cc3)CC2)C1. The number of nitrogens with two attached hydrogens (primary N) is 1. The van der Waals surface area contributed by atoms with E-state index in [1.54, 1.807) is 12.1 Å². The normalized spacial score (nSPS) is 23.9. The number of rotatable bonds is 2. The maximum atomic E-state index is 12.9. The number of nitrogens with zero attached hydrogens (tertiary/aromatic N) is 1. The summed E-state index contributed by atoms with van der Waals surface area (Å²) in [7, 11) is 0. The molecule has 0 unspecified atom stereocenters. The van der Waals surface area contributed by atoms with Crippen molar-refractivity contribution >= 4 is 18.3 Å². The van der Waals surface area contributed by atoms with Gasteiger partial charge in [-0.25, -0.2) is 4.39 Å². The summed E-state index contributed by atoms with van der Waals surface area (Å²) >= 11 is 0. The molecule has 3 nitrogen and oxygen atoms in total. The van der Waals surface area contributed by atoms with E-state index in [-0.39, 0.29) is 30.2 Å². The average molecular weight is 285 g/mol. The van der Waals surface area contributed by atoms with E-state index in [0.29, 0.717) is 6.54 Å². The molecule has 5 heteroatoms. The van der Waals surface area contributed by atoms with E-state index in [9.17, 15) is 9.18 Å². The second-order valence-corrected chi connectivity index (χ2v) is 5.39. The Bertz CT molecular complexity index is 473. The van der Waals surface area contributed by atoms with E-state index in [2.05, 4.69) is 0 Å². The van der Waals surface area contributed by atoms with Crippen molar-refractivity contribution in [3.63, 3.8) is 0 Å². The van der Waals surface area contributed by atoms with Crippen LogP contribution in [0, 0.1) is 5.82 Å². The van der Waals surface area contributed by atoms with Crippen LogP contribution in [0.5, 0.6) is 0 Å². The molecule has 1 aliphatic carbocycles. The predicted molar refractivity (Wildman–Crippen MR) is 73.7 cm³/mol.